The maximum absolute atomic E-state index is 14.6. The molecule has 5 fully saturated rings. The summed E-state index contributed by atoms with van der Waals surface area (Å²) in [7, 11) is 0. The van der Waals surface area contributed by atoms with Gasteiger partial charge in [-0.2, -0.15) is 5.26 Å². The summed E-state index contributed by atoms with van der Waals surface area (Å²) in [4.78, 5) is 14.0. The number of nitrogens with one attached hydrogen (secondary N) is 1. The van der Waals surface area contributed by atoms with E-state index in [4.69, 9.17) is 5.26 Å². The molecule has 114 valence electrons. The number of rotatable bonds is 3. The van der Waals surface area contributed by atoms with Gasteiger partial charge in [0.25, 0.3) is 0 Å². The number of hydrogen-bond donors (Lipinski definition) is 1. The van der Waals surface area contributed by atoms with Gasteiger partial charge in [-0.15, -0.1) is 0 Å². The van der Waals surface area contributed by atoms with Gasteiger partial charge < -0.3 is 10.2 Å². The van der Waals surface area contributed by atoms with E-state index in [2.05, 4.69) is 11.4 Å². The van der Waals surface area contributed by atoms with E-state index in [-0.39, 0.29) is 24.0 Å². The zero-order chi connectivity index (χ0) is 14.7. The van der Waals surface area contributed by atoms with Gasteiger partial charge in [0.2, 0.25) is 5.91 Å². The quantitative estimate of drug-likeness (QED) is 0.862. The summed E-state index contributed by atoms with van der Waals surface area (Å²) in [5.74, 6) is 0.913. The van der Waals surface area contributed by atoms with Gasteiger partial charge in [-0.3, -0.25) is 4.79 Å². The second-order valence-corrected chi connectivity index (χ2v) is 7.62. The fraction of sp³-hybridized carbons (Fsp3) is 0.875. The molecule has 5 aliphatic rings. The van der Waals surface area contributed by atoms with Crippen LogP contribution in [0.5, 0.6) is 0 Å². The summed E-state index contributed by atoms with van der Waals surface area (Å²) in [5, 5.41) is 12.5. The van der Waals surface area contributed by atoms with Crippen molar-refractivity contribution in [2.75, 3.05) is 13.1 Å². The molecular formula is C16H22FN3O. The number of nitrogens with zero attached hydrogens (tertiary/aromatic N) is 2. The molecule has 4 bridgehead atoms. The molecule has 5 atom stereocenters. The second-order valence-electron chi connectivity index (χ2n) is 7.62. The molecule has 1 heterocycles. The Morgan fingerprint density at radius 2 is 2.29 bits per heavy atom. The molecule has 1 N–H and O–H groups in total. The number of halogens is 1. The number of hydrogen-bond acceptors (Lipinski definition) is 3. The summed E-state index contributed by atoms with van der Waals surface area (Å²) < 4.78 is 14.6. The molecule has 0 radical (unpaired) electrons. The van der Waals surface area contributed by atoms with E-state index in [1.807, 2.05) is 0 Å². The van der Waals surface area contributed by atoms with Crippen molar-refractivity contribution in [2.45, 2.75) is 62.2 Å². The first-order valence-corrected chi connectivity index (χ1v) is 8.17. The van der Waals surface area contributed by atoms with Crippen LogP contribution in [0.2, 0.25) is 0 Å². The Labute approximate surface area is 124 Å². The lowest BCUT2D eigenvalue weighted by atomic mass is 9.78. The number of likely N-dealkylation sites (tertiary alicyclic amines) is 1. The second kappa shape index (κ2) is 4.42. The monoisotopic (exact) mass is 291 g/mol. The molecular weight excluding hydrogens is 269 g/mol. The van der Waals surface area contributed by atoms with E-state index >= 15 is 0 Å². The van der Waals surface area contributed by atoms with Gasteiger partial charge >= 0.3 is 0 Å². The first-order valence-electron chi connectivity index (χ1n) is 8.17. The van der Waals surface area contributed by atoms with Crippen molar-refractivity contribution in [3.8, 4) is 6.07 Å². The van der Waals surface area contributed by atoms with Crippen LogP contribution in [0.25, 0.3) is 0 Å². The molecule has 4 nitrogen and oxygen atoms in total. The predicted molar refractivity (Wildman–Crippen MR) is 75.0 cm³/mol. The molecule has 0 aromatic rings. The third kappa shape index (κ3) is 1.99. The number of alkyl halides is 1. The molecule has 0 aromatic carbocycles. The number of carbonyl (C=O) groups is 1. The highest BCUT2D eigenvalue weighted by Crippen LogP contribution is 2.63. The van der Waals surface area contributed by atoms with Gasteiger partial charge in [0.05, 0.1) is 12.6 Å². The molecule has 4 saturated carbocycles. The molecule has 5 heteroatoms. The Morgan fingerprint density at radius 3 is 3.05 bits per heavy atom. The van der Waals surface area contributed by atoms with Crippen molar-refractivity contribution in [1.29, 1.82) is 5.26 Å². The Kier molecular flexibility index (Phi) is 2.85. The summed E-state index contributed by atoms with van der Waals surface area (Å²) in [6.07, 6.45) is 5.82. The van der Waals surface area contributed by atoms with Gasteiger partial charge in [-0.05, 0) is 56.8 Å². The molecule has 0 spiro atoms. The fourth-order valence-electron chi connectivity index (χ4n) is 5.63. The average Bonchev–Trinajstić information content (AvgIpc) is 3.04. The summed E-state index contributed by atoms with van der Waals surface area (Å²) in [5.41, 5.74) is -1.13. The van der Waals surface area contributed by atoms with Crippen molar-refractivity contribution in [1.82, 2.24) is 10.2 Å². The van der Waals surface area contributed by atoms with Crippen LogP contribution in [-0.2, 0) is 4.79 Å². The van der Waals surface area contributed by atoms with Crippen LogP contribution in [0.3, 0.4) is 0 Å². The van der Waals surface area contributed by atoms with Crippen LogP contribution in [0.1, 0.15) is 44.9 Å². The highest BCUT2D eigenvalue weighted by molar-refractivity contribution is 5.79. The molecule has 4 unspecified atom stereocenters. The van der Waals surface area contributed by atoms with Gasteiger partial charge in [0, 0.05) is 12.1 Å². The molecule has 1 amide bonds. The van der Waals surface area contributed by atoms with Gasteiger partial charge in [0.15, 0.2) is 0 Å². The van der Waals surface area contributed by atoms with Gasteiger partial charge in [-0.25, -0.2) is 4.39 Å². The lowest BCUT2D eigenvalue weighted by Crippen LogP contribution is -2.52. The zero-order valence-corrected chi connectivity index (χ0v) is 12.3. The number of carbonyl (C=O) groups excluding carboxylic acids is 1. The maximum Gasteiger partial charge on any atom is 0.237 e. The predicted octanol–water partition coefficient (Wildman–Crippen LogP) is 1.76. The number of amides is 1. The lowest BCUT2D eigenvalue weighted by Gasteiger charge is -2.36. The van der Waals surface area contributed by atoms with Crippen LogP contribution in [0.15, 0.2) is 0 Å². The van der Waals surface area contributed by atoms with Crippen molar-refractivity contribution < 1.29 is 9.18 Å². The van der Waals surface area contributed by atoms with E-state index in [0.29, 0.717) is 31.2 Å². The Hall–Kier alpha value is -1.15. The third-order valence-corrected chi connectivity index (χ3v) is 6.27. The molecule has 21 heavy (non-hydrogen) atoms. The normalized spacial score (nSPS) is 47.0. The molecule has 4 aliphatic carbocycles. The van der Waals surface area contributed by atoms with E-state index < -0.39 is 5.67 Å². The lowest BCUT2D eigenvalue weighted by molar-refractivity contribution is -0.130. The van der Waals surface area contributed by atoms with Crippen molar-refractivity contribution in [3.63, 3.8) is 0 Å². The van der Waals surface area contributed by atoms with Crippen molar-refractivity contribution >= 4 is 5.91 Å². The van der Waals surface area contributed by atoms with Crippen LogP contribution in [0.4, 0.5) is 4.39 Å². The van der Waals surface area contributed by atoms with E-state index in [0.717, 1.165) is 32.1 Å². The minimum absolute atomic E-state index is 0.00700. The van der Waals surface area contributed by atoms with Crippen molar-refractivity contribution in [2.24, 2.45) is 11.8 Å². The SMILES string of the molecule is N#CC1CCCN1C(=O)CNC12CC3CC1C[C@@](F)(C3)C2. The minimum atomic E-state index is -0.981. The average molecular weight is 291 g/mol. The molecule has 1 saturated heterocycles. The van der Waals surface area contributed by atoms with Crippen LogP contribution >= 0.6 is 0 Å². The smallest absolute Gasteiger partial charge is 0.237 e. The summed E-state index contributed by atoms with van der Waals surface area (Å²) >= 11 is 0. The first-order chi connectivity index (χ1) is 10.0. The van der Waals surface area contributed by atoms with Crippen molar-refractivity contribution in [3.05, 3.63) is 0 Å². The highest BCUT2D eigenvalue weighted by atomic mass is 19.1. The Morgan fingerprint density at radius 1 is 1.43 bits per heavy atom. The topological polar surface area (TPSA) is 56.1 Å². The van der Waals surface area contributed by atoms with Gasteiger partial charge in [-0.1, -0.05) is 0 Å². The summed E-state index contributed by atoms with van der Waals surface area (Å²) in [6.45, 7) is 0.947. The Bertz CT molecular complexity index is 518. The third-order valence-electron chi connectivity index (χ3n) is 6.27. The van der Waals surface area contributed by atoms with Gasteiger partial charge in [0.1, 0.15) is 11.7 Å². The maximum atomic E-state index is 14.6. The first kappa shape index (κ1) is 13.5. The highest BCUT2D eigenvalue weighted by Gasteiger charge is 2.64. The molecule has 5 rings (SSSR count). The minimum Gasteiger partial charge on any atom is -0.326 e. The molecule has 1 aliphatic heterocycles. The van der Waals surface area contributed by atoms with Crippen LogP contribution < -0.4 is 5.32 Å². The van der Waals surface area contributed by atoms with E-state index in [9.17, 15) is 9.18 Å². The number of nitriles is 1. The molecule has 0 aromatic heterocycles. The fourth-order valence-corrected chi connectivity index (χ4v) is 5.63. The Balaban J connectivity index is 1.42. The summed E-state index contributed by atoms with van der Waals surface area (Å²) in [6, 6.07) is 1.94. The zero-order valence-electron chi connectivity index (χ0n) is 12.3. The van der Waals surface area contributed by atoms with E-state index in [1.165, 1.54) is 0 Å². The van der Waals surface area contributed by atoms with Crippen LogP contribution in [0, 0.1) is 23.2 Å². The van der Waals surface area contributed by atoms with Crippen LogP contribution in [-0.4, -0.2) is 41.1 Å². The standard InChI is InChI=1S/C16H22FN3O/c17-15-5-11-4-12(7-15)16(6-11,10-15)19-9-14(21)20-3-1-2-13(20)8-18/h11-13,19H,1-7,9-10H2/t11?,12?,13?,15-,16?/m0/s1. The largest absolute Gasteiger partial charge is 0.326 e. The van der Waals surface area contributed by atoms with E-state index in [1.54, 1.807) is 4.90 Å².